The van der Waals surface area contributed by atoms with Crippen LogP contribution < -0.4 is 10.6 Å². The summed E-state index contributed by atoms with van der Waals surface area (Å²) in [6, 6.07) is 8.33. The standard InChI is InChI=1S/C18H26N2O/c1-13-6-2-3-8-15(13)11-20-18(21)17-10-14-7-4-5-9-16(14)12-19-17/h4-5,7,9,13,15,17,19H,2-3,6,8,10-12H2,1H3,(H,20,21)/t13?,15?,17-/m1/s1. The summed E-state index contributed by atoms with van der Waals surface area (Å²) in [6.45, 7) is 3.97. The first kappa shape index (κ1) is 14.6. The number of benzene rings is 1. The van der Waals surface area contributed by atoms with Crippen LogP contribution >= 0.6 is 0 Å². The van der Waals surface area contributed by atoms with Gasteiger partial charge in [0.1, 0.15) is 0 Å². The lowest BCUT2D eigenvalue weighted by Gasteiger charge is -2.30. The van der Waals surface area contributed by atoms with E-state index in [2.05, 4.69) is 41.8 Å². The second-order valence-electron chi connectivity index (χ2n) is 6.67. The number of fused-ring (bicyclic) bond motifs is 1. The first-order valence-electron chi connectivity index (χ1n) is 8.32. The van der Waals surface area contributed by atoms with E-state index in [0.29, 0.717) is 5.92 Å². The summed E-state index contributed by atoms with van der Waals surface area (Å²) in [7, 11) is 0. The Morgan fingerprint density at radius 2 is 2.00 bits per heavy atom. The molecule has 0 spiro atoms. The minimum atomic E-state index is -0.0706. The highest BCUT2D eigenvalue weighted by molar-refractivity contribution is 5.82. The molecule has 3 atom stereocenters. The first-order chi connectivity index (χ1) is 10.2. The maximum atomic E-state index is 12.4. The summed E-state index contributed by atoms with van der Waals surface area (Å²) < 4.78 is 0. The van der Waals surface area contributed by atoms with E-state index in [4.69, 9.17) is 0 Å². The molecule has 114 valence electrons. The number of nitrogens with one attached hydrogen (secondary N) is 2. The molecular formula is C18H26N2O. The molecule has 3 nitrogen and oxygen atoms in total. The number of hydrogen-bond acceptors (Lipinski definition) is 2. The van der Waals surface area contributed by atoms with Gasteiger partial charge in [0.25, 0.3) is 0 Å². The predicted octanol–water partition coefficient (Wildman–Crippen LogP) is 2.64. The number of hydrogen-bond donors (Lipinski definition) is 2. The molecule has 0 bridgehead atoms. The average molecular weight is 286 g/mol. The van der Waals surface area contributed by atoms with E-state index in [1.54, 1.807) is 0 Å². The predicted molar refractivity (Wildman–Crippen MR) is 84.9 cm³/mol. The van der Waals surface area contributed by atoms with Crippen LogP contribution in [0.3, 0.4) is 0 Å². The Morgan fingerprint density at radius 1 is 1.24 bits per heavy atom. The van der Waals surface area contributed by atoms with Gasteiger partial charge in [0.15, 0.2) is 0 Å². The van der Waals surface area contributed by atoms with E-state index in [9.17, 15) is 4.79 Å². The zero-order chi connectivity index (χ0) is 14.7. The lowest BCUT2D eigenvalue weighted by molar-refractivity contribution is -0.123. The molecule has 1 aromatic rings. The quantitative estimate of drug-likeness (QED) is 0.897. The smallest absolute Gasteiger partial charge is 0.237 e. The molecule has 2 unspecified atom stereocenters. The van der Waals surface area contributed by atoms with Gasteiger partial charge in [-0.05, 0) is 35.8 Å². The molecule has 0 radical (unpaired) electrons. The van der Waals surface area contributed by atoms with Crippen molar-refractivity contribution < 1.29 is 4.79 Å². The summed E-state index contributed by atoms with van der Waals surface area (Å²) in [6.07, 6.45) is 6.06. The zero-order valence-electron chi connectivity index (χ0n) is 12.9. The Bertz CT molecular complexity index is 500. The van der Waals surface area contributed by atoms with Crippen LogP contribution in [0.1, 0.15) is 43.7 Å². The molecule has 2 aliphatic rings. The number of carbonyl (C=O) groups is 1. The molecule has 1 fully saturated rings. The highest BCUT2D eigenvalue weighted by Crippen LogP contribution is 2.28. The minimum Gasteiger partial charge on any atom is -0.354 e. The van der Waals surface area contributed by atoms with Gasteiger partial charge >= 0.3 is 0 Å². The van der Waals surface area contributed by atoms with Crippen molar-refractivity contribution in [1.29, 1.82) is 0 Å². The summed E-state index contributed by atoms with van der Waals surface area (Å²) in [5, 5.41) is 6.54. The molecular weight excluding hydrogens is 260 g/mol. The van der Waals surface area contributed by atoms with Gasteiger partial charge in [-0.25, -0.2) is 0 Å². The molecule has 0 saturated heterocycles. The van der Waals surface area contributed by atoms with Gasteiger partial charge in [-0.3, -0.25) is 4.79 Å². The fourth-order valence-corrected chi connectivity index (χ4v) is 3.69. The molecule has 1 heterocycles. The largest absolute Gasteiger partial charge is 0.354 e. The Balaban J connectivity index is 1.52. The van der Waals surface area contributed by atoms with Crippen LogP contribution in [0, 0.1) is 11.8 Å². The highest BCUT2D eigenvalue weighted by Gasteiger charge is 2.26. The lowest BCUT2D eigenvalue weighted by Crippen LogP contribution is -2.49. The van der Waals surface area contributed by atoms with Gasteiger partial charge in [0.05, 0.1) is 6.04 Å². The molecule has 3 heteroatoms. The third-order valence-electron chi connectivity index (χ3n) is 5.23. The third-order valence-corrected chi connectivity index (χ3v) is 5.23. The van der Waals surface area contributed by atoms with Crippen LogP contribution in [0.25, 0.3) is 0 Å². The molecule has 1 saturated carbocycles. The van der Waals surface area contributed by atoms with Crippen LogP contribution in [0.15, 0.2) is 24.3 Å². The third kappa shape index (κ3) is 3.46. The minimum absolute atomic E-state index is 0.0706. The second kappa shape index (κ2) is 6.61. The Hall–Kier alpha value is -1.35. The molecule has 2 N–H and O–H groups in total. The monoisotopic (exact) mass is 286 g/mol. The van der Waals surface area contributed by atoms with Crippen molar-refractivity contribution in [3.8, 4) is 0 Å². The number of rotatable bonds is 3. The fourth-order valence-electron chi connectivity index (χ4n) is 3.69. The molecule has 21 heavy (non-hydrogen) atoms. The average Bonchev–Trinajstić information content (AvgIpc) is 2.53. The van der Waals surface area contributed by atoms with E-state index in [0.717, 1.165) is 25.4 Å². The van der Waals surface area contributed by atoms with Crippen molar-refractivity contribution >= 4 is 5.91 Å². The summed E-state index contributed by atoms with van der Waals surface area (Å²) in [5.74, 6) is 1.58. The van der Waals surface area contributed by atoms with Crippen molar-refractivity contribution in [2.75, 3.05) is 6.54 Å². The van der Waals surface area contributed by atoms with Crippen LogP contribution in [0.2, 0.25) is 0 Å². The number of amides is 1. The van der Waals surface area contributed by atoms with Crippen molar-refractivity contribution in [2.24, 2.45) is 11.8 Å². The highest BCUT2D eigenvalue weighted by atomic mass is 16.2. The van der Waals surface area contributed by atoms with Crippen molar-refractivity contribution in [3.05, 3.63) is 35.4 Å². The van der Waals surface area contributed by atoms with Crippen LogP contribution in [-0.2, 0) is 17.8 Å². The molecule has 3 rings (SSSR count). The molecule has 1 amide bonds. The van der Waals surface area contributed by atoms with Gasteiger partial charge in [-0.1, -0.05) is 50.5 Å². The second-order valence-corrected chi connectivity index (χ2v) is 6.67. The van der Waals surface area contributed by atoms with E-state index in [1.807, 2.05) is 0 Å². The SMILES string of the molecule is CC1CCCCC1CNC(=O)[C@H]1Cc2ccccc2CN1. The van der Waals surface area contributed by atoms with Crippen molar-refractivity contribution in [1.82, 2.24) is 10.6 Å². The van der Waals surface area contributed by atoms with Crippen molar-refractivity contribution in [3.63, 3.8) is 0 Å². The van der Waals surface area contributed by atoms with Crippen molar-refractivity contribution in [2.45, 2.75) is 51.6 Å². The van der Waals surface area contributed by atoms with Crippen LogP contribution in [-0.4, -0.2) is 18.5 Å². The van der Waals surface area contributed by atoms with Gasteiger partial charge in [0, 0.05) is 13.1 Å². The van der Waals surface area contributed by atoms with Gasteiger partial charge in [-0.2, -0.15) is 0 Å². The molecule has 0 aromatic heterocycles. The Kier molecular flexibility index (Phi) is 4.59. The Morgan fingerprint density at radius 3 is 2.81 bits per heavy atom. The van der Waals surface area contributed by atoms with E-state index < -0.39 is 0 Å². The van der Waals surface area contributed by atoms with E-state index >= 15 is 0 Å². The molecule has 1 aliphatic carbocycles. The van der Waals surface area contributed by atoms with Gasteiger partial charge in [-0.15, -0.1) is 0 Å². The lowest BCUT2D eigenvalue weighted by atomic mass is 9.80. The molecule has 1 aliphatic heterocycles. The summed E-state index contributed by atoms with van der Waals surface area (Å²) in [5.41, 5.74) is 2.63. The maximum Gasteiger partial charge on any atom is 0.237 e. The van der Waals surface area contributed by atoms with Crippen LogP contribution in [0.5, 0.6) is 0 Å². The van der Waals surface area contributed by atoms with E-state index in [-0.39, 0.29) is 11.9 Å². The topological polar surface area (TPSA) is 41.1 Å². The summed E-state index contributed by atoms with van der Waals surface area (Å²) >= 11 is 0. The zero-order valence-corrected chi connectivity index (χ0v) is 12.9. The van der Waals surface area contributed by atoms with Gasteiger partial charge < -0.3 is 10.6 Å². The summed E-state index contributed by atoms with van der Waals surface area (Å²) in [4.78, 5) is 12.4. The van der Waals surface area contributed by atoms with Crippen LogP contribution in [0.4, 0.5) is 0 Å². The molecule has 1 aromatic carbocycles. The van der Waals surface area contributed by atoms with Gasteiger partial charge in [0.2, 0.25) is 5.91 Å². The van der Waals surface area contributed by atoms with E-state index in [1.165, 1.54) is 36.8 Å². The number of carbonyl (C=O) groups excluding carboxylic acids is 1. The Labute approximate surface area is 127 Å². The fraction of sp³-hybridized carbons (Fsp3) is 0.611. The maximum absolute atomic E-state index is 12.4. The normalized spacial score (nSPS) is 28.7. The first-order valence-corrected chi connectivity index (χ1v) is 8.32.